The first-order valence-corrected chi connectivity index (χ1v) is 5.68. The summed E-state index contributed by atoms with van der Waals surface area (Å²) in [6, 6.07) is 5.50. The second-order valence-electron chi connectivity index (χ2n) is 3.86. The zero-order valence-electron chi connectivity index (χ0n) is 9.87. The minimum Gasteiger partial charge on any atom is -0.336 e. The van der Waals surface area contributed by atoms with Gasteiger partial charge in [0.2, 0.25) is 0 Å². The van der Waals surface area contributed by atoms with E-state index in [2.05, 4.69) is 10.6 Å². The Morgan fingerprint density at radius 1 is 1.47 bits per heavy atom. The molecule has 4 N–H and O–H groups in total. The highest BCUT2D eigenvalue weighted by Crippen LogP contribution is 2.11. The van der Waals surface area contributed by atoms with E-state index in [4.69, 9.17) is 5.73 Å². The summed E-state index contributed by atoms with van der Waals surface area (Å²) in [6.45, 7) is 2.41. The Labute approximate surface area is 100 Å². The number of nitrogens with two attached hydrogens (primary N) is 1. The minimum atomic E-state index is -0.458. The largest absolute Gasteiger partial charge is 0.336 e. The first-order valence-electron chi connectivity index (χ1n) is 5.68. The van der Waals surface area contributed by atoms with E-state index in [0.29, 0.717) is 6.54 Å². The van der Waals surface area contributed by atoms with Gasteiger partial charge in [-0.1, -0.05) is 25.5 Å². The van der Waals surface area contributed by atoms with Crippen molar-refractivity contribution in [2.45, 2.75) is 25.8 Å². The van der Waals surface area contributed by atoms with Crippen LogP contribution in [0.5, 0.6) is 0 Å². The highest BCUT2D eigenvalue weighted by Gasteiger charge is 2.07. The monoisotopic (exact) mass is 239 g/mol. The molecule has 0 spiro atoms. The third kappa shape index (κ3) is 4.82. The quantitative estimate of drug-likeness (QED) is 0.736. The zero-order chi connectivity index (χ0) is 12.7. The van der Waals surface area contributed by atoms with E-state index in [1.54, 1.807) is 12.1 Å². The van der Waals surface area contributed by atoms with Gasteiger partial charge in [-0.15, -0.1) is 0 Å². The van der Waals surface area contributed by atoms with Crippen LogP contribution in [0, 0.1) is 5.82 Å². The highest BCUT2D eigenvalue weighted by molar-refractivity contribution is 5.89. The predicted octanol–water partition coefficient (Wildman–Crippen LogP) is 2.07. The Kier molecular flexibility index (Phi) is 5.42. The van der Waals surface area contributed by atoms with Gasteiger partial charge in [-0.25, -0.2) is 9.18 Å². The third-order valence-electron chi connectivity index (χ3n) is 2.31. The van der Waals surface area contributed by atoms with Crippen molar-refractivity contribution in [1.82, 2.24) is 5.32 Å². The van der Waals surface area contributed by atoms with Crippen LogP contribution in [0.25, 0.3) is 0 Å². The SMILES string of the molecule is CCCC(N)CNC(=O)Nc1ccccc1F. The van der Waals surface area contributed by atoms with E-state index in [1.165, 1.54) is 12.1 Å². The van der Waals surface area contributed by atoms with Crippen molar-refractivity contribution in [2.75, 3.05) is 11.9 Å². The molecule has 0 aliphatic carbocycles. The second-order valence-corrected chi connectivity index (χ2v) is 3.86. The van der Waals surface area contributed by atoms with Gasteiger partial charge in [0.1, 0.15) is 5.82 Å². The molecule has 1 rings (SSSR count). The molecule has 0 bridgehead atoms. The molecule has 0 saturated heterocycles. The number of benzene rings is 1. The molecule has 0 aliphatic heterocycles. The Bertz CT molecular complexity index is 371. The van der Waals surface area contributed by atoms with Crippen molar-refractivity contribution < 1.29 is 9.18 Å². The number of para-hydroxylation sites is 1. The summed E-state index contributed by atoms with van der Waals surface area (Å²) in [5.41, 5.74) is 5.90. The summed E-state index contributed by atoms with van der Waals surface area (Å²) in [5, 5.41) is 5.03. The molecule has 2 amide bonds. The fraction of sp³-hybridized carbons (Fsp3) is 0.417. The average Bonchev–Trinajstić information content (AvgIpc) is 2.30. The van der Waals surface area contributed by atoms with Crippen molar-refractivity contribution >= 4 is 11.7 Å². The van der Waals surface area contributed by atoms with E-state index in [1.807, 2.05) is 6.92 Å². The molecule has 1 atom stereocenters. The number of rotatable bonds is 5. The molecule has 1 aromatic rings. The summed E-state index contributed by atoms with van der Waals surface area (Å²) in [5.74, 6) is -0.458. The van der Waals surface area contributed by atoms with Gasteiger partial charge in [0.05, 0.1) is 5.69 Å². The molecule has 0 fully saturated rings. The maximum absolute atomic E-state index is 13.2. The van der Waals surface area contributed by atoms with Crippen molar-refractivity contribution in [3.63, 3.8) is 0 Å². The Morgan fingerprint density at radius 3 is 2.82 bits per heavy atom. The molecule has 0 radical (unpaired) electrons. The number of amides is 2. The van der Waals surface area contributed by atoms with Crippen molar-refractivity contribution in [3.05, 3.63) is 30.1 Å². The van der Waals surface area contributed by atoms with Crippen LogP contribution < -0.4 is 16.4 Å². The summed E-state index contributed by atoms with van der Waals surface area (Å²) in [7, 11) is 0. The Balaban J connectivity index is 2.37. The first-order chi connectivity index (χ1) is 8.13. The van der Waals surface area contributed by atoms with Crippen LogP contribution in [-0.4, -0.2) is 18.6 Å². The molecule has 0 aromatic heterocycles. The molecule has 94 valence electrons. The van der Waals surface area contributed by atoms with Gasteiger partial charge in [0.15, 0.2) is 0 Å². The van der Waals surface area contributed by atoms with Gasteiger partial charge in [-0.2, -0.15) is 0 Å². The molecule has 17 heavy (non-hydrogen) atoms. The van der Waals surface area contributed by atoms with E-state index < -0.39 is 11.8 Å². The maximum Gasteiger partial charge on any atom is 0.319 e. The lowest BCUT2D eigenvalue weighted by Gasteiger charge is -2.12. The first kappa shape index (κ1) is 13.4. The van der Waals surface area contributed by atoms with Gasteiger partial charge in [-0.05, 0) is 18.6 Å². The van der Waals surface area contributed by atoms with Gasteiger partial charge >= 0.3 is 6.03 Å². The molecule has 1 aromatic carbocycles. The highest BCUT2D eigenvalue weighted by atomic mass is 19.1. The van der Waals surface area contributed by atoms with Crippen molar-refractivity contribution in [3.8, 4) is 0 Å². The fourth-order valence-electron chi connectivity index (χ4n) is 1.43. The van der Waals surface area contributed by atoms with Crippen molar-refractivity contribution in [2.24, 2.45) is 5.73 Å². The molecule has 1 unspecified atom stereocenters. The number of hydrogen-bond acceptors (Lipinski definition) is 2. The Hall–Kier alpha value is -1.62. The second kappa shape index (κ2) is 6.85. The van der Waals surface area contributed by atoms with Crippen LogP contribution in [0.2, 0.25) is 0 Å². The average molecular weight is 239 g/mol. The zero-order valence-corrected chi connectivity index (χ0v) is 9.87. The predicted molar refractivity (Wildman–Crippen MR) is 66.3 cm³/mol. The van der Waals surface area contributed by atoms with E-state index in [9.17, 15) is 9.18 Å². The van der Waals surface area contributed by atoms with Crippen LogP contribution in [0.3, 0.4) is 0 Å². The summed E-state index contributed by atoms with van der Waals surface area (Å²) in [6.07, 6.45) is 1.82. The number of carbonyl (C=O) groups is 1. The summed E-state index contributed by atoms with van der Waals surface area (Å²) < 4.78 is 13.2. The standard InChI is InChI=1S/C12H18FN3O/c1-2-5-9(14)8-15-12(17)16-11-7-4-3-6-10(11)13/h3-4,6-7,9H,2,5,8,14H2,1H3,(H2,15,16,17). The van der Waals surface area contributed by atoms with Crippen LogP contribution in [0.15, 0.2) is 24.3 Å². The number of carbonyl (C=O) groups excluding carboxylic acids is 1. The number of nitrogens with one attached hydrogen (secondary N) is 2. The van der Waals surface area contributed by atoms with Gasteiger partial charge in [0, 0.05) is 12.6 Å². The van der Waals surface area contributed by atoms with Crippen LogP contribution in [-0.2, 0) is 0 Å². The summed E-state index contributed by atoms with van der Waals surface area (Å²) in [4.78, 5) is 11.4. The molecule has 4 nitrogen and oxygen atoms in total. The fourth-order valence-corrected chi connectivity index (χ4v) is 1.43. The number of halogens is 1. The maximum atomic E-state index is 13.2. The molecular formula is C12H18FN3O. The van der Waals surface area contributed by atoms with Crippen LogP contribution in [0.1, 0.15) is 19.8 Å². The topological polar surface area (TPSA) is 67.1 Å². The molecule has 0 saturated carbocycles. The van der Waals surface area contributed by atoms with Crippen LogP contribution in [0.4, 0.5) is 14.9 Å². The normalized spacial score (nSPS) is 11.9. The summed E-state index contributed by atoms with van der Waals surface area (Å²) >= 11 is 0. The smallest absolute Gasteiger partial charge is 0.319 e. The molecule has 5 heteroatoms. The van der Waals surface area contributed by atoms with Gasteiger partial charge < -0.3 is 16.4 Å². The minimum absolute atomic E-state index is 0.0635. The lowest BCUT2D eigenvalue weighted by molar-refractivity contribution is 0.251. The van der Waals surface area contributed by atoms with E-state index in [-0.39, 0.29) is 11.7 Å². The van der Waals surface area contributed by atoms with E-state index >= 15 is 0 Å². The number of anilines is 1. The lowest BCUT2D eigenvalue weighted by Crippen LogP contribution is -2.39. The number of urea groups is 1. The number of hydrogen-bond donors (Lipinski definition) is 3. The molecule has 0 aliphatic rings. The van der Waals surface area contributed by atoms with Gasteiger partial charge in [-0.3, -0.25) is 0 Å². The lowest BCUT2D eigenvalue weighted by atomic mass is 10.2. The van der Waals surface area contributed by atoms with E-state index in [0.717, 1.165) is 12.8 Å². The van der Waals surface area contributed by atoms with Gasteiger partial charge in [0.25, 0.3) is 0 Å². The molecule has 0 heterocycles. The molecular weight excluding hydrogens is 221 g/mol. The van der Waals surface area contributed by atoms with Crippen molar-refractivity contribution in [1.29, 1.82) is 0 Å². The third-order valence-corrected chi connectivity index (χ3v) is 2.31. The Morgan fingerprint density at radius 2 is 2.18 bits per heavy atom. The van der Waals surface area contributed by atoms with Crippen LogP contribution >= 0.6 is 0 Å².